The molecule has 3 saturated heterocycles. The third kappa shape index (κ3) is 11.3. The maximum atomic E-state index is 13.1. The Hall–Kier alpha value is -5.87. The van der Waals surface area contributed by atoms with Gasteiger partial charge in [-0.2, -0.15) is 0 Å². The van der Waals surface area contributed by atoms with Crippen LogP contribution in [-0.2, 0) is 16.0 Å². The molecular formula is C46H59N10O5+. The summed E-state index contributed by atoms with van der Waals surface area (Å²) < 4.78 is 6.65. The van der Waals surface area contributed by atoms with E-state index in [1.165, 1.54) is 10.5 Å². The number of β-amino-alcohol motifs (C(OH)–C–C–N with tert-alkyl or cyclic N) is 1. The molecule has 322 valence electrons. The Labute approximate surface area is 358 Å². The fraction of sp³-hybridized carbons (Fsp3) is 0.413. The van der Waals surface area contributed by atoms with E-state index in [0.29, 0.717) is 49.1 Å². The number of hydrogen-bond donors (Lipinski definition) is 3. The van der Waals surface area contributed by atoms with E-state index < -0.39 is 6.03 Å². The van der Waals surface area contributed by atoms with E-state index >= 15 is 0 Å². The number of carbonyl (C=O) groups is 3. The fourth-order valence-corrected chi connectivity index (χ4v) is 8.19. The predicted molar refractivity (Wildman–Crippen MR) is 237 cm³/mol. The van der Waals surface area contributed by atoms with Gasteiger partial charge in [-0.05, 0) is 36.2 Å². The number of amides is 4. The summed E-state index contributed by atoms with van der Waals surface area (Å²) in [5, 5.41) is 11.8. The number of allylic oxidation sites excluding steroid dienone is 1. The zero-order chi connectivity index (χ0) is 42.9. The van der Waals surface area contributed by atoms with Gasteiger partial charge in [0.25, 0.3) is 5.91 Å². The highest BCUT2D eigenvalue weighted by Gasteiger charge is 2.28. The molecule has 3 fully saturated rings. The summed E-state index contributed by atoms with van der Waals surface area (Å²) in [6.45, 7) is 10.8. The van der Waals surface area contributed by atoms with E-state index in [1.807, 2.05) is 42.2 Å². The number of aliphatic hydroxyl groups excluding tert-OH is 1. The second-order valence-electron chi connectivity index (χ2n) is 16.7. The van der Waals surface area contributed by atoms with Crippen LogP contribution in [0.4, 0.5) is 16.3 Å². The van der Waals surface area contributed by atoms with Gasteiger partial charge in [0.2, 0.25) is 5.91 Å². The van der Waals surface area contributed by atoms with Crippen molar-refractivity contribution in [2.45, 2.75) is 19.8 Å². The van der Waals surface area contributed by atoms with Gasteiger partial charge in [0.15, 0.2) is 12.4 Å². The van der Waals surface area contributed by atoms with Crippen LogP contribution < -0.4 is 25.6 Å². The van der Waals surface area contributed by atoms with Gasteiger partial charge in [-0.25, -0.2) is 14.8 Å². The quantitative estimate of drug-likeness (QED) is 0.151. The Morgan fingerprint density at radius 1 is 0.852 bits per heavy atom. The summed E-state index contributed by atoms with van der Waals surface area (Å²) in [5.41, 5.74) is 12.7. The van der Waals surface area contributed by atoms with Crippen LogP contribution in [0.25, 0.3) is 16.8 Å². The lowest BCUT2D eigenvalue weighted by Crippen LogP contribution is -2.56. The van der Waals surface area contributed by atoms with Crippen LogP contribution in [0.5, 0.6) is 5.75 Å². The van der Waals surface area contributed by atoms with Crippen molar-refractivity contribution in [3.63, 3.8) is 0 Å². The lowest BCUT2D eigenvalue weighted by molar-refractivity contribution is -0.900. The number of ether oxygens (including phenoxy) is 1. The van der Waals surface area contributed by atoms with E-state index in [-0.39, 0.29) is 31.4 Å². The number of likely N-dealkylation sites (N-methyl/N-ethyl adjacent to an activating group) is 1. The first-order valence-corrected chi connectivity index (χ1v) is 21.2. The molecule has 0 aliphatic carbocycles. The first-order valence-electron chi connectivity index (χ1n) is 21.2. The maximum absolute atomic E-state index is 13.1. The van der Waals surface area contributed by atoms with Crippen LogP contribution >= 0.6 is 0 Å². The number of benzene rings is 3. The summed E-state index contributed by atoms with van der Waals surface area (Å²) >= 11 is 0. The van der Waals surface area contributed by atoms with Gasteiger partial charge in [-0.3, -0.25) is 29.6 Å². The molecule has 0 saturated carbocycles. The molecule has 1 aromatic heterocycles. The van der Waals surface area contributed by atoms with Gasteiger partial charge in [0.05, 0.1) is 32.9 Å². The van der Waals surface area contributed by atoms with Crippen LogP contribution in [-0.4, -0.2) is 158 Å². The number of anilines is 2. The normalized spacial score (nSPS) is 17.3. The molecule has 0 bridgehead atoms. The molecule has 4 heterocycles. The lowest BCUT2D eigenvalue weighted by atomic mass is 10.0. The average molecular weight is 832 g/mol. The number of urea groups is 1. The summed E-state index contributed by atoms with van der Waals surface area (Å²) in [4.78, 5) is 57.6. The SMILES string of the molecule is C/C(N)=C(\c1ccccc1)c1nc(-c2cccc(CC[N+](C)(C)CN3CCN(C(=O)COc4cccc(N5CCC(=O)NC5=O)c4)CC3)c2)cc(N2CCN(CCO)CC2)n1. The number of nitrogens with one attached hydrogen (secondary N) is 1. The molecule has 4 aromatic rings. The Morgan fingerprint density at radius 3 is 2.31 bits per heavy atom. The summed E-state index contributed by atoms with van der Waals surface area (Å²) in [7, 11) is 4.51. The minimum absolute atomic E-state index is 0.0750. The molecular weight excluding hydrogens is 773 g/mol. The third-order valence-electron chi connectivity index (χ3n) is 11.6. The zero-order valence-corrected chi connectivity index (χ0v) is 35.6. The number of nitrogens with zero attached hydrogens (tertiary/aromatic N) is 8. The fourth-order valence-electron chi connectivity index (χ4n) is 8.19. The molecule has 61 heavy (non-hydrogen) atoms. The number of rotatable bonds is 15. The molecule has 0 radical (unpaired) electrons. The minimum atomic E-state index is -0.462. The van der Waals surface area contributed by atoms with E-state index in [9.17, 15) is 19.5 Å². The van der Waals surface area contributed by atoms with Crippen LogP contribution in [0.2, 0.25) is 0 Å². The Balaban J connectivity index is 0.952. The van der Waals surface area contributed by atoms with Gasteiger partial charge in [0, 0.05) is 113 Å². The second-order valence-corrected chi connectivity index (χ2v) is 16.7. The number of aromatic nitrogens is 2. The predicted octanol–water partition coefficient (Wildman–Crippen LogP) is 3.24. The van der Waals surface area contributed by atoms with Crippen molar-refractivity contribution in [3.05, 3.63) is 108 Å². The van der Waals surface area contributed by atoms with Crippen LogP contribution in [0.1, 0.15) is 30.3 Å². The second kappa shape index (κ2) is 19.7. The van der Waals surface area contributed by atoms with Crippen molar-refractivity contribution in [2.24, 2.45) is 5.73 Å². The van der Waals surface area contributed by atoms with Gasteiger partial charge < -0.3 is 29.9 Å². The highest BCUT2D eigenvalue weighted by atomic mass is 16.5. The van der Waals surface area contributed by atoms with E-state index in [1.54, 1.807) is 24.3 Å². The van der Waals surface area contributed by atoms with E-state index in [2.05, 4.69) is 64.4 Å². The monoisotopic (exact) mass is 831 g/mol. The molecule has 0 spiro atoms. The van der Waals surface area contributed by atoms with Crippen LogP contribution in [0.15, 0.2) is 90.6 Å². The topological polar surface area (TPSA) is 161 Å². The zero-order valence-electron chi connectivity index (χ0n) is 35.6. The lowest BCUT2D eigenvalue weighted by Gasteiger charge is -2.40. The standard InChI is InChI=1S/C46H58N10O5/c1-34(47)44(36-10-5-4-6-11-36)45-48-40(31-41(49-45)53-22-18-51(19-23-53)26-28-57)37-12-7-9-35(29-37)16-27-56(2,3)33-52-20-24-54(25-21-52)43(59)32-61-39-14-8-13-38(30-39)55-17-15-42(58)50-46(55)60/h4-14,29-31,57H,15-28,32-33H2,1-3H3,(H2-,47,48,49,50,58,60)/p+1. The van der Waals surface area contributed by atoms with Crippen molar-refractivity contribution in [1.82, 2.24) is 30.0 Å². The Kier molecular flexibility index (Phi) is 13.9. The van der Waals surface area contributed by atoms with E-state index in [4.69, 9.17) is 20.4 Å². The van der Waals surface area contributed by atoms with Gasteiger partial charge in [0.1, 0.15) is 18.2 Å². The molecule has 3 aromatic carbocycles. The van der Waals surface area contributed by atoms with Crippen molar-refractivity contribution < 1.29 is 28.7 Å². The molecule has 15 nitrogen and oxygen atoms in total. The van der Waals surface area contributed by atoms with Gasteiger partial charge in [-0.1, -0.05) is 54.6 Å². The number of aliphatic hydroxyl groups is 1. The van der Waals surface area contributed by atoms with Crippen molar-refractivity contribution >= 4 is 34.9 Å². The smallest absolute Gasteiger partial charge is 0.328 e. The van der Waals surface area contributed by atoms with Crippen LogP contribution in [0, 0.1) is 0 Å². The number of hydrogen-bond acceptors (Lipinski definition) is 11. The molecule has 0 atom stereocenters. The highest BCUT2D eigenvalue weighted by molar-refractivity contribution is 6.05. The minimum Gasteiger partial charge on any atom is -0.484 e. The third-order valence-corrected chi connectivity index (χ3v) is 11.6. The first kappa shape index (κ1) is 43.2. The Morgan fingerprint density at radius 2 is 1.59 bits per heavy atom. The molecule has 4 amide bonds. The van der Waals surface area contributed by atoms with Crippen molar-refractivity contribution in [2.75, 3.05) is 116 Å². The summed E-state index contributed by atoms with van der Waals surface area (Å²) in [6.07, 6.45) is 1.11. The first-order chi connectivity index (χ1) is 29.4. The number of quaternary nitrogens is 1. The van der Waals surface area contributed by atoms with Gasteiger partial charge >= 0.3 is 6.03 Å². The number of imide groups is 1. The maximum Gasteiger partial charge on any atom is 0.328 e. The molecule has 7 rings (SSSR count). The molecule has 3 aliphatic rings. The number of carbonyl (C=O) groups excluding carboxylic acids is 3. The molecule has 3 aliphatic heterocycles. The van der Waals surface area contributed by atoms with Gasteiger partial charge in [-0.15, -0.1) is 0 Å². The largest absolute Gasteiger partial charge is 0.484 e. The summed E-state index contributed by atoms with van der Waals surface area (Å²) in [5.74, 6) is 1.60. The molecule has 15 heteroatoms. The number of nitrogens with two attached hydrogens (primary N) is 1. The molecule has 0 unspecified atom stereocenters. The number of piperazine rings is 2. The summed E-state index contributed by atoms with van der Waals surface area (Å²) in [6, 6.07) is 27.4. The van der Waals surface area contributed by atoms with Crippen molar-refractivity contribution in [1.29, 1.82) is 0 Å². The highest BCUT2D eigenvalue weighted by Crippen LogP contribution is 2.30. The van der Waals surface area contributed by atoms with Crippen LogP contribution in [0.3, 0.4) is 0 Å². The Bertz CT molecular complexity index is 2200. The average Bonchev–Trinajstić information content (AvgIpc) is 3.26. The molecule has 4 N–H and O–H groups in total. The van der Waals surface area contributed by atoms with Crippen molar-refractivity contribution in [3.8, 4) is 17.0 Å². The van der Waals surface area contributed by atoms with E-state index in [0.717, 1.165) is 91.6 Å².